The lowest BCUT2D eigenvalue weighted by Gasteiger charge is -2.41. The molecule has 5 aromatic rings. The summed E-state index contributed by atoms with van der Waals surface area (Å²) < 4.78 is 0. The molecule has 0 radical (unpaired) electrons. The minimum absolute atomic E-state index is 0.719. The number of fused-ring (bicyclic) bond motifs is 6. The maximum absolute atomic E-state index is 8.40. The van der Waals surface area contributed by atoms with Gasteiger partial charge in [0.05, 0.1) is 28.5 Å². The number of aromatic amines is 1. The van der Waals surface area contributed by atoms with E-state index in [1.807, 2.05) is 78.9 Å². The number of alkyl halides is 2. The number of aliphatic imine (C=N–C) groups is 2. The fourth-order valence-corrected chi connectivity index (χ4v) is 8.13. The molecule has 8 bridgehead atoms. The molecule has 50 heavy (non-hydrogen) atoms. The number of nitrogens with one attached hydrogen (secondary N) is 1. The summed E-state index contributed by atoms with van der Waals surface area (Å²) in [6, 6.07) is 45.3. The number of anilines is 1. The van der Waals surface area contributed by atoms with Gasteiger partial charge in [-0.2, -0.15) is 0 Å². The van der Waals surface area contributed by atoms with Gasteiger partial charge in [-0.05, 0) is 77.4 Å². The number of H-pyrrole nitrogens is 1. The van der Waals surface area contributed by atoms with E-state index in [0.717, 1.165) is 78.3 Å². The number of benzene rings is 4. The van der Waals surface area contributed by atoms with Gasteiger partial charge >= 0.3 is 0 Å². The van der Waals surface area contributed by atoms with E-state index >= 15 is 0 Å². The van der Waals surface area contributed by atoms with Gasteiger partial charge in [0.25, 0.3) is 0 Å². The Balaban J connectivity index is 1.45. The minimum Gasteiger partial charge on any atom is -0.355 e. The SMILES string of the molecule is ClC1C(c2ccccc2)=C2C=C3C=CC(=N3)C=c3ccc([nH]3)=CC3=NC(=C(c4ccccc4)C1(Cl)N2c1ccccc1)C(c1ccccc1)=C3. The van der Waals surface area contributed by atoms with Gasteiger partial charge < -0.3 is 9.88 Å². The van der Waals surface area contributed by atoms with Crippen molar-refractivity contribution in [3.8, 4) is 0 Å². The first-order chi connectivity index (χ1) is 24.6. The van der Waals surface area contributed by atoms with Gasteiger partial charge in [-0.1, -0.05) is 121 Å². The smallest absolute Gasteiger partial charge is 0.168 e. The van der Waals surface area contributed by atoms with E-state index < -0.39 is 10.4 Å². The molecule has 6 heteroatoms. The fourth-order valence-electron chi connectivity index (χ4n) is 7.19. The zero-order valence-corrected chi connectivity index (χ0v) is 28.4. The lowest BCUT2D eigenvalue weighted by Crippen LogP contribution is -2.46. The number of rotatable bonds is 4. The van der Waals surface area contributed by atoms with Crippen LogP contribution in [0.25, 0.3) is 28.9 Å². The molecule has 0 fully saturated rings. The highest BCUT2D eigenvalue weighted by Gasteiger charge is 2.56. The number of allylic oxidation sites excluding steroid dienone is 5. The summed E-state index contributed by atoms with van der Waals surface area (Å²) in [6.07, 6.45) is 12.4. The number of aromatic nitrogens is 1. The van der Waals surface area contributed by atoms with Crippen LogP contribution < -0.4 is 15.6 Å². The first kappa shape index (κ1) is 30.4. The normalized spacial score (nSPS) is 21.0. The molecule has 1 N–H and O–H groups in total. The van der Waals surface area contributed by atoms with Crippen LogP contribution in [0.15, 0.2) is 185 Å². The van der Waals surface area contributed by atoms with Crippen LogP contribution in [0.4, 0.5) is 5.69 Å². The molecular weight excluding hydrogens is 655 g/mol. The molecule has 4 aliphatic heterocycles. The number of hydrogen-bond donors (Lipinski definition) is 1. The average molecular weight is 686 g/mol. The number of para-hydroxylation sites is 1. The zero-order chi connectivity index (χ0) is 33.7. The summed E-state index contributed by atoms with van der Waals surface area (Å²) in [7, 11) is 0. The van der Waals surface area contributed by atoms with E-state index in [-0.39, 0.29) is 0 Å². The summed E-state index contributed by atoms with van der Waals surface area (Å²) in [5.41, 5.74) is 10.6. The van der Waals surface area contributed by atoms with E-state index in [1.165, 1.54) is 0 Å². The topological polar surface area (TPSA) is 43.8 Å². The molecule has 1 aromatic heterocycles. The lowest BCUT2D eigenvalue weighted by atomic mass is 9.87. The molecule has 0 spiro atoms. The van der Waals surface area contributed by atoms with Gasteiger partial charge in [0.15, 0.2) is 5.00 Å². The van der Waals surface area contributed by atoms with Gasteiger partial charge in [-0.25, -0.2) is 9.98 Å². The number of nitrogens with zero attached hydrogens (tertiary/aromatic N) is 3. The van der Waals surface area contributed by atoms with Crippen molar-refractivity contribution >= 4 is 69.2 Å². The quantitative estimate of drug-likeness (QED) is 0.149. The van der Waals surface area contributed by atoms with Gasteiger partial charge in [-0.3, -0.25) is 0 Å². The molecule has 4 aromatic carbocycles. The Morgan fingerprint density at radius 1 is 0.580 bits per heavy atom. The molecular formula is C44H30Cl2N4. The van der Waals surface area contributed by atoms with Crippen molar-refractivity contribution in [1.29, 1.82) is 0 Å². The molecule has 0 aliphatic carbocycles. The van der Waals surface area contributed by atoms with Gasteiger partial charge in [0, 0.05) is 33.1 Å². The van der Waals surface area contributed by atoms with Crippen LogP contribution in [0.1, 0.15) is 16.7 Å². The second-order valence-corrected chi connectivity index (χ2v) is 13.5. The summed E-state index contributed by atoms with van der Waals surface area (Å²) in [5, 5.41) is 1.17. The highest BCUT2D eigenvalue weighted by atomic mass is 35.5. The van der Waals surface area contributed by atoms with Crippen LogP contribution >= 0.6 is 23.2 Å². The molecule has 4 nitrogen and oxygen atoms in total. The standard InChI is InChI=1S/C44H30Cl2N4/c45-43-40(30-15-7-2-8-16-30)39-28-35-24-23-33(48-35)25-32-21-22-34(47-32)26-36-27-38(29-13-5-1-6-14-29)42(49-36)41(31-17-9-3-10-18-31)44(43,46)50(39)37-19-11-4-12-20-37/h1-28,43,47H. The Kier molecular flexibility index (Phi) is 7.49. The van der Waals surface area contributed by atoms with Crippen LogP contribution in [0, 0.1) is 0 Å². The number of hydrogen-bond acceptors (Lipinski definition) is 3. The Morgan fingerprint density at radius 2 is 1.16 bits per heavy atom. The third kappa shape index (κ3) is 5.16. The molecule has 0 saturated heterocycles. The fraction of sp³-hybridized carbons (Fsp3) is 0.0455. The predicted molar refractivity (Wildman–Crippen MR) is 209 cm³/mol. The van der Waals surface area contributed by atoms with E-state index in [1.54, 1.807) is 0 Å². The molecule has 2 atom stereocenters. The zero-order valence-electron chi connectivity index (χ0n) is 26.8. The Labute approximate surface area is 300 Å². The molecule has 5 heterocycles. The molecule has 2 unspecified atom stereocenters. The molecule has 0 amide bonds. The first-order valence-electron chi connectivity index (χ1n) is 16.6. The van der Waals surface area contributed by atoms with Gasteiger partial charge in [0.2, 0.25) is 0 Å². The predicted octanol–water partition coefficient (Wildman–Crippen LogP) is 8.91. The average Bonchev–Trinajstić information content (AvgIpc) is 3.94. The third-order valence-electron chi connectivity index (χ3n) is 9.36. The molecule has 4 aliphatic rings. The Hall–Kier alpha value is -5.68. The van der Waals surface area contributed by atoms with Crippen molar-refractivity contribution in [2.24, 2.45) is 9.98 Å². The maximum Gasteiger partial charge on any atom is 0.168 e. The highest BCUT2D eigenvalue weighted by molar-refractivity contribution is 6.44. The Bertz CT molecular complexity index is 2490. The van der Waals surface area contributed by atoms with Crippen molar-refractivity contribution in [3.05, 3.63) is 202 Å². The van der Waals surface area contributed by atoms with Crippen LogP contribution in [0.5, 0.6) is 0 Å². The van der Waals surface area contributed by atoms with Crippen LogP contribution in [0.2, 0.25) is 0 Å². The van der Waals surface area contributed by atoms with E-state index in [9.17, 15) is 0 Å². The second-order valence-electron chi connectivity index (χ2n) is 12.5. The third-order valence-corrected chi connectivity index (χ3v) is 10.6. The van der Waals surface area contributed by atoms with Gasteiger partial charge in [-0.15, -0.1) is 11.6 Å². The second kappa shape index (κ2) is 12.3. The van der Waals surface area contributed by atoms with E-state index in [4.69, 9.17) is 33.2 Å². The molecule has 0 saturated carbocycles. The lowest BCUT2D eigenvalue weighted by molar-refractivity contribution is 0.768. The minimum atomic E-state index is -1.35. The van der Waals surface area contributed by atoms with Crippen molar-refractivity contribution in [2.45, 2.75) is 10.4 Å². The van der Waals surface area contributed by atoms with Crippen LogP contribution in [-0.2, 0) is 0 Å². The monoisotopic (exact) mass is 684 g/mol. The first-order valence-corrected chi connectivity index (χ1v) is 17.4. The molecule has 9 rings (SSSR count). The van der Waals surface area contributed by atoms with Crippen molar-refractivity contribution < 1.29 is 0 Å². The highest BCUT2D eigenvalue weighted by Crippen LogP contribution is 2.58. The van der Waals surface area contributed by atoms with Crippen LogP contribution in [-0.4, -0.2) is 26.8 Å². The van der Waals surface area contributed by atoms with E-state index in [0.29, 0.717) is 0 Å². The number of halogens is 2. The summed E-state index contributed by atoms with van der Waals surface area (Å²) in [4.78, 5) is 14.8. The van der Waals surface area contributed by atoms with Crippen molar-refractivity contribution in [3.63, 3.8) is 0 Å². The summed E-state index contributed by atoms with van der Waals surface area (Å²) in [6.45, 7) is 0. The Morgan fingerprint density at radius 3 is 1.82 bits per heavy atom. The van der Waals surface area contributed by atoms with Crippen molar-refractivity contribution in [1.82, 2.24) is 4.98 Å². The van der Waals surface area contributed by atoms with E-state index in [2.05, 4.69) is 101 Å². The van der Waals surface area contributed by atoms with Crippen LogP contribution in [0.3, 0.4) is 0 Å². The summed E-state index contributed by atoms with van der Waals surface area (Å²) >= 11 is 16.3. The largest absolute Gasteiger partial charge is 0.355 e. The molecule has 240 valence electrons. The van der Waals surface area contributed by atoms with Crippen molar-refractivity contribution in [2.75, 3.05) is 4.90 Å². The summed E-state index contributed by atoms with van der Waals surface area (Å²) in [5.74, 6) is 0. The maximum atomic E-state index is 8.40. The van der Waals surface area contributed by atoms with Gasteiger partial charge in [0.1, 0.15) is 5.38 Å².